The summed E-state index contributed by atoms with van der Waals surface area (Å²) in [6.45, 7) is 18.0. The maximum atomic E-state index is 13.7. The van der Waals surface area contributed by atoms with Crippen LogP contribution in [0, 0.1) is 13.8 Å². The van der Waals surface area contributed by atoms with Gasteiger partial charge in [-0.2, -0.15) is 4.31 Å². The van der Waals surface area contributed by atoms with E-state index in [0.717, 1.165) is 38.6 Å². The van der Waals surface area contributed by atoms with E-state index in [2.05, 4.69) is 44.5 Å². The number of piperidine rings is 2. The van der Waals surface area contributed by atoms with E-state index in [1.54, 1.807) is 37.4 Å². The van der Waals surface area contributed by atoms with Crippen LogP contribution in [-0.4, -0.2) is 98.0 Å². The van der Waals surface area contributed by atoms with Gasteiger partial charge in [0.1, 0.15) is 12.4 Å². The SMILES string of the molecule is CCN(C(C)C)C(C)C.COc1cc(C)c(S(=O)(=O)N2CCCCC2COCC(=O)N2CCC(c3ccncc3)CC2)c(C)c1. The minimum Gasteiger partial charge on any atom is -0.497 e. The van der Waals surface area contributed by atoms with Gasteiger partial charge in [-0.05, 0) is 121 Å². The van der Waals surface area contributed by atoms with Crippen molar-refractivity contribution in [1.82, 2.24) is 19.1 Å². The normalized spacial score (nSPS) is 18.3. The van der Waals surface area contributed by atoms with Gasteiger partial charge in [-0.15, -0.1) is 0 Å². The van der Waals surface area contributed by atoms with Crippen molar-refractivity contribution in [3.8, 4) is 5.75 Å². The number of hydrogen-bond donors (Lipinski definition) is 0. The summed E-state index contributed by atoms with van der Waals surface area (Å²) in [6.07, 6.45) is 7.95. The minimum atomic E-state index is -3.70. The summed E-state index contributed by atoms with van der Waals surface area (Å²) in [5.41, 5.74) is 2.61. The number of aromatic nitrogens is 1. The van der Waals surface area contributed by atoms with Crippen molar-refractivity contribution >= 4 is 15.9 Å². The number of ether oxygens (including phenoxy) is 2. The largest absolute Gasteiger partial charge is 0.497 e. The molecule has 2 aromatic rings. The Morgan fingerprint density at radius 2 is 1.58 bits per heavy atom. The maximum Gasteiger partial charge on any atom is 0.248 e. The molecule has 1 aromatic carbocycles. The fourth-order valence-corrected chi connectivity index (χ4v) is 8.90. The molecule has 2 fully saturated rings. The molecule has 2 saturated heterocycles. The smallest absolute Gasteiger partial charge is 0.248 e. The van der Waals surface area contributed by atoms with Crippen molar-refractivity contribution in [2.45, 2.75) is 110 Å². The zero-order chi connectivity index (χ0) is 33.1. The number of nitrogens with zero attached hydrogens (tertiary/aromatic N) is 4. The van der Waals surface area contributed by atoms with Gasteiger partial charge < -0.3 is 14.4 Å². The Morgan fingerprint density at radius 3 is 2.09 bits per heavy atom. The lowest BCUT2D eigenvalue weighted by Gasteiger charge is -2.35. The molecule has 9 nitrogen and oxygen atoms in total. The minimum absolute atomic E-state index is 0.0229. The van der Waals surface area contributed by atoms with Gasteiger partial charge in [0.2, 0.25) is 15.9 Å². The van der Waals surface area contributed by atoms with E-state index in [-0.39, 0.29) is 25.2 Å². The van der Waals surface area contributed by atoms with Gasteiger partial charge in [-0.25, -0.2) is 8.42 Å². The molecular weight excluding hydrogens is 588 g/mol. The Morgan fingerprint density at radius 1 is 0.978 bits per heavy atom. The average Bonchev–Trinajstić information content (AvgIpc) is 3.01. The fourth-order valence-electron chi connectivity index (χ4n) is 6.81. The van der Waals surface area contributed by atoms with Crippen LogP contribution in [0.15, 0.2) is 41.6 Å². The zero-order valence-electron chi connectivity index (χ0n) is 28.8. The molecule has 1 unspecified atom stereocenters. The van der Waals surface area contributed by atoms with E-state index in [1.807, 2.05) is 29.4 Å². The lowest BCUT2D eigenvalue weighted by molar-refractivity contribution is -0.137. The molecule has 45 heavy (non-hydrogen) atoms. The van der Waals surface area contributed by atoms with E-state index in [1.165, 1.54) is 5.56 Å². The first-order valence-corrected chi connectivity index (χ1v) is 18.0. The summed E-state index contributed by atoms with van der Waals surface area (Å²) >= 11 is 0. The molecule has 0 spiro atoms. The number of hydrogen-bond acceptors (Lipinski definition) is 7. The molecule has 10 heteroatoms. The average molecular weight is 645 g/mol. The quantitative estimate of drug-likeness (QED) is 0.306. The molecule has 0 saturated carbocycles. The topological polar surface area (TPSA) is 92.3 Å². The first-order chi connectivity index (χ1) is 21.4. The highest BCUT2D eigenvalue weighted by atomic mass is 32.2. The molecule has 0 radical (unpaired) electrons. The number of carbonyl (C=O) groups excluding carboxylic acids is 1. The molecule has 2 aliphatic heterocycles. The van der Waals surface area contributed by atoms with Gasteiger partial charge in [-0.3, -0.25) is 14.7 Å². The lowest BCUT2D eigenvalue weighted by Crippen LogP contribution is -2.47. The zero-order valence-corrected chi connectivity index (χ0v) is 29.6. The van der Waals surface area contributed by atoms with Crippen molar-refractivity contribution in [2.24, 2.45) is 0 Å². The third kappa shape index (κ3) is 9.98. The lowest BCUT2D eigenvalue weighted by atomic mass is 9.90. The summed E-state index contributed by atoms with van der Waals surface area (Å²) in [7, 11) is -2.13. The molecule has 4 rings (SSSR count). The number of carbonyl (C=O) groups is 1. The van der Waals surface area contributed by atoms with Crippen molar-refractivity contribution in [1.29, 1.82) is 0 Å². The van der Waals surface area contributed by atoms with Gasteiger partial charge in [0, 0.05) is 50.2 Å². The van der Waals surface area contributed by atoms with Crippen LogP contribution in [0.5, 0.6) is 5.75 Å². The van der Waals surface area contributed by atoms with Gasteiger partial charge in [0.05, 0.1) is 18.6 Å². The molecule has 0 aliphatic carbocycles. The third-order valence-electron chi connectivity index (χ3n) is 9.06. The second-order valence-corrected chi connectivity index (χ2v) is 14.7. The Bertz CT molecular complexity index is 1280. The molecule has 252 valence electrons. The highest BCUT2D eigenvalue weighted by Gasteiger charge is 2.36. The predicted octanol–water partition coefficient (Wildman–Crippen LogP) is 5.80. The molecule has 2 aliphatic rings. The molecule has 1 aromatic heterocycles. The summed E-state index contributed by atoms with van der Waals surface area (Å²) in [4.78, 5) is 21.5. The van der Waals surface area contributed by atoms with Crippen LogP contribution in [0.25, 0.3) is 0 Å². The number of amides is 1. The summed E-state index contributed by atoms with van der Waals surface area (Å²) in [5.74, 6) is 1.06. The van der Waals surface area contributed by atoms with Crippen LogP contribution >= 0.6 is 0 Å². The third-order valence-corrected chi connectivity index (χ3v) is 11.3. The van der Waals surface area contributed by atoms with Crippen LogP contribution < -0.4 is 4.74 Å². The van der Waals surface area contributed by atoms with Gasteiger partial charge in [0.15, 0.2) is 0 Å². The number of rotatable bonds is 11. The number of aryl methyl sites for hydroxylation is 2. The van der Waals surface area contributed by atoms with Crippen molar-refractivity contribution in [2.75, 3.05) is 46.5 Å². The van der Waals surface area contributed by atoms with E-state index in [4.69, 9.17) is 9.47 Å². The molecule has 0 bridgehead atoms. The van der Waals surface area contributed by atoms with Crippen LogP contribution in [0.1, 0.15) is 89.3 Å². The maximum absolute atomic E-state index is 13.7. The van der Waals surface area contributed by atoms with E-state index in [0.29, 0.717) is 59.4 Å². The van der Waals surface area contributed by atoms with Crippen LogP contribution in [-0.2, 0) is 19.6 Å². The molecule has 0 N–H and O–H groups in total. The van der Waals surface area contributed by atoms with Crippen LogP contribution in [0.2, 0.25) is 0 Å². The molecule has 1 amide bonds. The Kier molecular flexibility index (Phi) is 14.3. The van der Waals surface area contributed by atoms with Crippen LogP contribution in [0.3, 0.4) is 0 Å². The number of benzene rings is 1. The van der Waals surface area contributed by atoms with E-state index < -0.39 is 10.0 Å². The fraction of sp³-hybridized carbons (Fsp3) is 0.657. The Balaban J connectivity index is 0.000000535. The number of pyridine rings is 1. The first-order valence-electron chi connectivity index (χ1n) is 16.6. The van der Waals surface area contributed by atoms with Crippen molar-refractivity contribution in [3.05, 3.63) is 53.3 Å². The van der Waals surface area contributed by atoms with Crippen molar-refractivity contribution in [3.63, 3.8) is 0 Å². The second kappa shape index (κ2) is 17.4. The standard InChI is InChI=1S/C27H37N3O5S.C8H19N/c1-20-16-25(34-3)17-21(2)27(20)36(32,33)30-13-5-4-6-24(30)18-35-19-26(31)29-14-9-23(10-15-29)22-7-11-28-12-8-22;1-6-9(7(2)3)8(4)5/h7-8,11-12,16-17,23-24H,4-6,9-10,13-15,18-19H2,1-3H3;7-8H,6H2,1-5H3. The Hall–Kier alpha value is -2.53. The number of sulfonamides is 1. The van der Waals surface area contributed by atoms with Crippen molar-refractivity contribution < 1.29 is 22.7 Å². The second-order valence-electron chi connectivity index (χ2n) is 12.8. The molecule has 3 heterocycles. The highest BCUT2D eigenvalue weighted by Crippen LogP contribution is 2.32. The monoisotopic (exact) mass is 644 g/mol. The van der Waals surface area contributed by atoms with Gasteiger partial charge >= 0.3 is 0 Å². The molecule has 1 atom stereocenters. The molecular formula is C35H56N4O5S. The Labute approximate surface area is 272 Å². The van der Waals surface area contributed by atoms with Gasteiger partial charge in [0.25, 0.3) is 0 Å². The predicted molar refractivity (Wildman–Crippen MR) is 180 cm³/mol. The van der Waals surface area contributed by atoms with Crippen LogP contribution in [0.4, 0.5) is 0 Å². The summed E-state index contributed by atoms with van der Waals surface area (Å²) in [5, 5.41) is 0. The van der Waals surface area contributed by atoms with E-state index >= 15 is 0 Å². The van der Waals surface area contributed by atoms with Gasteiger partial charge in [-0.1, -0.05) is 13.3 Å². The summed E-state index contributed by atoms with van der Waals surface area (Å²) in [6, 6.07) is 8.70. The number of methoxy groups -OCH3 is 1. The highest BCUT2D eigenvalue weighted by molar-refractivity contribution is 7.89. The number of likely N-dealkylation sites (tertiary alicyclic amines) is 1. The first kappa shape index (κ1) is 36.9. The van der Waals surface area contributed by atoms with E-state index in [9.17, 15) is 13.2 Å². The summed E-state index contributed by atoms with van der Waals surface area (Å²) < 4.78 is 40.1.